The van der Waals surface area contributed by atoms with Gasteiger partial charge in [0.05, 0.1) is 19.3 Å². The highest BCUT2D eigenvalue weighted by Crippen LogP contribution is 2.21. The SMILES string of the molecule is OCCC#Cc1ccccc1COC1CCCCCC1. The Morgan fingerprint density at radius 3 is 2.60 bits per heavy atom. The lowest BCUT2D eigenvalue weighted by Gasteiger charge is -2.16. The second-order valence-electron chi connectivity index (χ2n) is 5.36. The summed E-state index contributed by atoms with van der Waals surface area (Å²) in [6.07, 6.45) is 8.61. The number of rotatable bonds is 4. The molecule has 1 saturated carbocycles. The van der Waals surface area contributed by atoms with E-state index in [9.17, 15) is 0 Å². The van der Waals surface area contributed by atoms with Crippen LogP contribution in [-0.2, 0) is 11.3 Å². The van der Waals surface area contributed by atoms with E-state index >= 15 is 0 Å². The van der Waals surface area contributed by atoms with Gasteiger partial charge in [0.1, 0.15) is 0 Å². The zero-order valence-corrected chi connectivity index (χ0v) is 12.1. The molecule has 1 fully saturated rings. The number of aliphatic hydroxyl groups is 1. The minimum Gasteiger partial charge on any atom is -0.395 e. The molecule has 2 nitrogen and oxygen atoms in total. The van der Waals surface area contributed by atoms with Gasteiger partial charge in [0.2, 0.25) is 0 Å². The van der Waals surface area contributed by atoms with Gasteiger partial charge in [-0.1, -0.05) is 55.7 Å². The lowest BCUT2D eigenvalue weighted by atomic mass is 10.1. The number of hydrogen-bond acceptors (Lipinski definition) is 2. The fourth-order valence-electron chi connectivity index (χ4n) is 2.60. The second kappa shape index (κ2) is 8.79. The predicted molar refractivity (Wildman–Crippen MR) is 81.3 cm³/mol. The molecule has 2 rings (SSSR count). The molecule has 0 atom stereocenters. The molecule has 0 bridgehead atoms. The average Bonchev–Trinajstić information content (AvgIpc) is 2.75. The molecule has 0 aliphatic heterocycles. The maximum atomic E-state index is 8.79. The maximum absolute atomic E-state index is 8.79. The highest BCUT2D eigenvalue weighted by Gasteiger charge is 2.13. The second-order valence-corrected chi connectivity index (χ2v) is 5.36. The van der Waals surface area contributed by atoms with E-state index < -0.39 is 0 Å². The van der Waals surface area contributed by atoms with Crippen LogP contribution in [0.4, 0.5) is 0 Å². The third kappa shape index (κ3) is 5.00. The minimum atomic E-state index is 0.119. The Bertz CT molecular complexity index is 448. The Kier molecular flexibility index (Phi) is 6.63. The summed E-state index contributed by atoms with van der Waals surface area (Å²) in [5.41, 5.74) is 2.18. The van der Waals surface area contributed by atoms with Gasteiger partial charge in [0.15, 0.2) is 0 Å². The van der Waals surface area contributed by atoms with Crippen molar-refractivity contribution in [2.45, 2.75) is 57.7 Å². The Morgan fingerprint density at radius 2 is 1.85 bits per heavy atom. The molecule has 0 unspecified atom stereocenters. The summed E-state index contributed by atoms with van der Waals surface area (Å²) in [4.78, 5) is 0. The molecule has 1 aliphatic rings. The van der Waals surface area contributed by atoms with Gasteiger partial charge in [-0.05, 0) is 24.5 Å². The Hall–Kier alpha value is -1.30. The van der Waals surface area contributed by atoms with Crippen LogP contribution in [-0.4, -0.2) is 17.8 Å². The molecule has 0 radical (unpaired) electrons. The first kappa shape index (κ1) is 15.1. The molecular weight excluding hydrogens is 248 g/mol. The van der Waals surface area contributed by atoms with Gasteiger partial charge >= 0.3 is 0 Å². The third-order valence-electron chi connectivity index (χ3n) is 3.75. The van der Waals surface area contributed by atoms with Crippen LogP contribution in [0, 0.1) is 11.8 Å². The molecule has 20 heavy (non-hydrogen) atoms. The van der Waals surface area contributed by atoms with Crippen LogP contribution in [0.25, 0.3) is 0 Å². The van der Waals surface area contributed by atoms with Crippen molar-refractivity contribution in [3.63, 3.8) is 0 Å². The van der Waals surface area contributed by atoms with Crippen molar-refractivity contribution in [3.05, 3.63) is 35.4 Å². The fourth-order valence-corrected chi connectivity index (χ4v) is 2.60. The van der Waals surface area contributed by atoms with Crippen LogP contribution >= 0.6 is 0 Å². The largest absolute Gasteiger partial charge is 0.395 e. The number of benzene rings is 1. The van der Waals surface area contributed by atoms with Gasteiger partial charge in [-0.15, -0.1) is 0 Å². The zero-order chi connectivity index (χ0) is 14.0. The van der Waals surface area contributed by atoms with E-state index in [4.69, 9.17) is 9.84 Å². The topological polar surface area (TPSA) is 29.5 Å². The number of aliphatic hydroxyl groups excluding tert-OH is 1. The van der Waals surface area contributed by atoms with E-state index in [0.29, 0.717) is 19.1 Å². The number of ether oxygens (including phenoxy) is 1. The van der Waals surface area contributed by atoms with Crippen molar-refractivity contribution in [1.82, 2.24) is 0 Å². The van der Waals surface area contributed by atoms with Crippen LogP contribution in [0.15, 0.2) is 24.3 Å². The standard InChI is InChI=1S/C18H24O2/c19-14-8-7-10-16-9-5-6-11-17(16)15-20-18-12-3-1-2-4-13-18/h5-6,9,11,18-19H,1-4,8,12-15H2. The molecule has 1 aromatic carbocycles. The van der Waals surface area contributed by atoms with Crippen molar-refractivity contribution in [2.24, 2.45) is 0 Å². The van der Waals surface area contributed by atoms with Gasteiger partial charge in [-0.25, -0.2) is 0 Å². The van der Waals surface area contributed by atoms with Gasteiger partial charge in [-0.2, -0.15) is 0 Å². The average molecular weight is 272 g/mol. The molecule has 0 spiro atoms. The van der Waals surface area contributed by atoms with Gasteiger partial charge in [-0.3, -0.25) is 0 Å². The normalized spacial score (nSPS) is 16.2. The molecule has 0 aromatic heterocycles. The van der Waals surface area contributed by atoms with Crippen LogP contribution in [0.1, 0.15) is 56.1 Å². The van der Waals surface area contributed by atoms with E-state index in [-0.39, 0.29) is 6.61 Å². The molecule has 1 N–H and O–H groups in total. The summed E-state index contributed by atoms with van der Waals surface area (Å²) in [6, 6.07) is 8.14. The molecule has 0 saturated heterocycles. The van der Waals surface area contributed by atoms with E-state index in [1.165, 1.54) is 38.5 Å². The van der Waals surface area contributed by atoms with Crippen molar-refractivity contribution < 1.29 is 9.84 Å². The third-order valence-corrected chi connectivity index (χ3v) is 3.75. The van der Waals surface area contributed by atoms with Crippen molar-refractivity contribution >= 4 is 0 Å². The van der Waals surface area contributed by atoms with Crippen LogP contribution in [0.5, 0.6) is 0 Å². The van der Waals surface area contributed by atoms with E-state index in [1.807, 2.05) is 18.2 Å². The lowest BCUT2D eigenvalue weighted by Crippen LogP contribution is -2.11. The van der Waals surface area contributed by atoms with Gasteiger partial charge < -0.3 is 9.84 Å². The molecule has 2 heteroatoms. The first-order valence-corrected chi connectivity index (χ1v) is 7.69. The van der Waals surface area contributed by atoms with Crippen LogP contribution < -0.4 is 0 Å². The molecule has 1 aliphatic carbocycles. The highest BCUT2D eigenvalue weighted by molar-refractivity contribution is 5.40. The van der Waals surface area contributed by atoms with E-state index in [0.717, 1.165) is 11.1 Å². The van der Waals surface area contributed by atoms with E-state index in [2.05, 4.69) is 17.9 Å². The van der Waals surface area contributed by atoms with Crippen molar-refractivity contribution in [2.75, 3.05) is 6.61 Å². The zero-order valence-electron chi connectivity index (χ0n) is 12.1. The molecule has 1 aromatic rings. The molecule has 108 valence electrons. The minimum absolute atomic E-state index is 0.119. The summed E-state index contributed by atoms with van der Waals surface area (Å²) in [6.45, 7) is 0.766. The van der Waals surface area contributed by atoms with Crippen LogP contribution in [0.2, 0.25) is 0 Å². The summed E-state index contributed by atoms with van der Waals surface area (Å²) >= 11 is 0. The Morgan fingerprint density at radius 1 is 1.10 bits per heavy atom. The maximum Gasteiger partial charge on any atom is 0.0732 e. The fraction of sp³-hybridized carbons (Fsp3) is 0.556. The summed E-state index contributed by atoms with van der Waals surface area (Å²) in [5, 5.41) is 8.79. The van der Waals surface area contributed by atoms with Gasteiger partial charge in [0.25, 0.3) is 0 Å². The quantitative estimate of drug-likeness (QED) is 0.669. The predicted octanol–water partition coefficient (Wildman–Crippen LogP) is 3.66. The first-order valence-electron chi connectivity index (χ1n) is 7.69. The summed E-state index contributed by atoms with van der Waals surface area (Å²) in [7, 11) is 0. The smallest absolute Gasteiger partial charge is 0.0732 e. The molecule has 0 amide bonds. The molecule has 0 heterocycles. The van der Waals surface area contributed by atoms with E-state index in [1.54, 1.807) is 0 Å². The highest BCUT2D eigenvalue weighted by atomic mass is 16.5. The van der Waals surface area contributed by atoms with Crippen molar-refractivity contribution in [1.29, 1.82) is 0 Å². The molecular formula is C18H24O2. The monoisotopic (exact) mass is 272 g/mol. The first-order chi connectivity index (χ1) is 9.90. The Balaban J connectivity index is 1.93. The van der Waals surface area contributed by atoms with Gasteiger partial charge in [0, 0.05) is 12.0 Å². The Labute approximate surface area is 122 Å². The summed E-state index contributed by atoms with van der Waals surface area (Å²) < 4.78 is 6.08. The summed E-state index contributed by atoms with van der Waals surface area (Å²) in [5.74, 6) is 6.11. The van der Waals surface area contributed by atoms with Crippen LogP contribution in [0.3, 0.4) is 0 Å². The lowest BCUT2D eigenvalue weighted by molar-refractivity contribution is 0.0309. The number of hydrogen-bond donors (Lipinski definition) is 1. The van der Waals surface area contributed by atoms with Crippen molar-refractivity contribution in [3.8, 4) is 11.8 Å².